The van der Waals surface area contributed by atoms with Crippen molar-refractivity contribution in [2.24, 2.45) is 0 Å². The number of sulfonamides is 1. The summed E-state index contributed by atoms with van der Waals surface area (Å²) in [4.78, 5) is 17.3. The number of ether oxygens (including phenoxy) is 1. The Kier molecular flexibility index (Phi) is 9.75. The molecule has 0 aliphatic rings. The van der Waals surface area contributed by atoms with Gasteiger partial charge in [-0.25, -0.2) is 8.42 Å². The minimum Gasteiger partial charge on any atom is -0.497 e. The number of hydrogen-bond acceptors (Lipinski definition) is 6. The van der Waals surface area contributed by atoms with Crippen molar-refractivity contribution in [3.05, 3.63) is 95.6 Å². The number of carbonyl (C=O) groups excluding carboxylic acids is 1. The molecule has 0 aliphatic heterocycles. The van der Waals surface area contributed by atoms with Crippen LogP contribution < -0.4 is 15.4 Å². The fourth-order valence-electron chi connectivity index (χ4n) is 4.11. The second-order valence-electron chi connectivity index (χ2n) is 8.90. The molecule has 0 atom stereocenters. The zero-order valence-corrected chi connectivity index (χ0v) is 23.2. The largest absolute Gasteiger partial charge is 0.497 e. The van der Waals surface area contributed by atoms with Gasteiger partial charge < -0.3 is 15.4 Å². The van der Waals surface area contributed by atoms with Gasteiger partial charge in [0.05, 0.1) is 24.1 Å². The highest BCUT2D eigenvalue weighted by Crippen LogP contribution is 2.24. The quantitative estimate of drug-likeness (QED) is 0.227. The Labute approximate surface area is 234 Å². The van der Waals surface area contributed by atoms with E-state index in [0.717, 1.165) is 22.2 Å². The van der Waals surface area contributed by atoms with Crippen LogP contribution in [0, 0.1) is 0 Å². The number of aromatic nitrogens is 1. The van der Waals surface area contributed by atoms with Crippen LogP contribution in [0.1, 0.15) is 12.0 Å². The SMILES string of the molecule is COc1ccc(S(=O)(=O)N(CCc2ccccc2)CC(=O)NCCCNc2ccnc3cc(Cl)ccc23)cc1. The van der Waals surface area contributed by atoms with E-state index in [1.165, 1.54) is 23.5 Å². The van der Waals surface area contributed by atoms with E-state index in [4.69, 9.17) is 16.3 Å². The summed E-state index contributed by atoms with van der Waals surface area (Å²) in [6.07, 6.45) is 2.85. The van der Waals surface area contributed by atoms with Crippen molar-refractivity contribution in [3.8, 4) is 5.75 Å². The predicted molar refractivity (Wildman–Crippen MR) is 155 cm³/mol. The average molecular weight is 567 g/mol. The summed E-state index contributed by atoms with van der Waals surface area (Å²) in [5.74, 6) is 0.198. The van der Waals surface area contributed by atoms with Gasteiger partial charge in [-0.2, -0.15) is 4.31 Å². The molecule has 1 amide bonds. The van der Waals surface area contributed by atoms with Crippen LogP contribution in [0.15, 0.2) is 90.0 Å². The first kappa shape index (κ1) is 28.4. The molecule has 1 heterocycles. The molecule has 39 heavy (non-hydrogen) atoms. The molecule has 8 nitrogen and oxygen atoms in total. The van der Waals surface area contributed by atoms with E-state index in [9.17, 15) is 13.2 Å². The molecular formula is C29H31ClN4O4S. The fraction of sp³-hybridized carbons (Fsp3) is 0.241. The van der Waals surface area contributed by atoms with E-state index in [0.29, 0.717) is 36.7 Å². The molecule has 204 valence electrons. The van der Waals surface area contributed by atoms with E-state index in [-0.39, 0.29) is 23.9 Å². The third-order valence-corrected chi connectivity index (χ3v) is 8.30. The van der Waals surface area contributed by atoms with Gasteiger partial charge in [-0.1, -0.05) is 41.9 Å². The topological polar surface area (TPSA) is 101 Å². The maximum Gasteiger partial charge on any atom is 0.243 e. The van der Waals surface area contributed by atoms with Crippen LogP contribution in [0.2, 0.25) is 5.02 Å². The van der Waals surface area contributed by atoms with Gasteiger partial charge in [0.1, 0.15) is 5.75 Å². The van der Waals surface area contributed by atoms with Crippen molar-refractivity contribution in [2.45, 2.75) is 17.7 Å². The van der Waals surface area contributed by atoms with Crippen LogP contribution >= 0.6 is 11.6 Å². The van der Waals surface area contributed by atoms with Gasteiger partial charge in [0.2, 0.25) is 15.9 Å². The minimum atomic E-state index is -3.90. The number of halogens is 1. The fourth-order valence-corrected chi connectivity index (χ4v) is 5.67. The first-order valence-corrected chi connectivity index (χ1v) is 14.4. The molecule has 3 aromatic carbocycles. The molecule has 0 saturated heterocycles. The standard InChI is InChI=1S/C29H31ClN4O4S/c1-38-24-9-11-25(12-10-24)39(36,37)34(19-15-22-6-3-2-4-7-22)21-29(35)33-17-5-16-31-27-14-18-32-28-20-23(30)8-13-26(27)28/h2-4,6-14,18,20H,5,15-17,19,21H2,1H3,(H,31,32)(H,33,35). The zero-order chi connectivity index (χ0) is 27.7. The molecule has 10 heteroatoms. The van der Waals surface area contributed by atoms with Gasteiger partial charge in [0, 0.05) is 41.9 Å². The lowest BCUT2D eigenvalue weighted by Crippen LogP contribution is -2.42. The maximum atomic E-state index is 13.4. The second kappa shape index (κ2) is 13.4. The van der Waals surface area contributed by atoms with Crippen molar-refractivity contribution < 1.29 is 17.9 Å². The second-order valence-corrected chi connectivity index (χ2v) is 11.3. The summed E-state index contributed by atoms with van der Waals surface area (Å²) in [5, 5.41) is 7.80. The highest BCUT2D eigenvalue weighted by atomic mass is 35.5. The third kappa shape index (κ3) is 7.69. The Hall–Kier alpha value is -3.66. The number of methoxy groups -OCH3 is 1. The monoisotopic (exact) mass is 566 g/mol. The van der Waals surface area contributed by atoms with Crippen LogP contribution in [-0.4, -0.2) is 56.9 Å². The molecule has 2 N–H and O–H groups in total. The van der Waals surface area contributed by atoms with Crippen LogP contribution in [0.3, 0.4) is 0 Å². The van der Waals surface area contributed by atoms with E-state index in [2.05, 4.69) is 15.6 Å². The molecule has 0 saturated carbocycles. The first-order chi connectivity index (χ1) is 18.9. The highest BCUT2D eigenvalue weighted by molar-refractivity contribution is 7.89. The molecule has 0 radical (unpaired) electrons. The van der Waals surface area contributed by atoms with Gasteiger partial charge in [-0.05, 0) is 66.9 Å². The summed E-state index contributed by atoms with van der Waals surface area (Å²) >= 11 is 6.06. The molecule has 0 bridgehead atoms. The molecule has 0 spiro atoms. The molecule has 4 rings (SSSR count). The Morgan fingerprint density at radius 2 is 1.77 bits per heavy atom. The number of pyridine rings is 1. The number of anilines is 1. The number of carbonyl (C=O) groups is 1. The number of fused-ring (bicyclic) bond motifs is 1. The van der Waals surface area contributed by atoms with Gasteiger partial charge >= 0.3 is 0 Å². The Balaban J connectivity index is 1.34. The van der Waals surface area contributed by atoms with E-state index >= 15 is 0 Å². The van der Waals surface area contributed by atoms with E-state index in [1.54, 1.807) is 18.3 Å². The summed E-state index contributed by atoms with van der Waals surface area (Å²) in [6, 6.07) is 23.2. The van der Waals surface area contributed by atoms with Crippen LogP contribution in [0.25, 0.3) is 10.9 Å². The van der Waals surface area contributed by atoms with Crippen molar-refractivity contribution >= 4 is 44.1 Å². The van der Waals surface area contributed by atoms with Crippen molar-refractivity contribution in [1.82, 2.24) is 14.6 Å². The molecule has 0 unspecified atom stereocenters. The molecular weight excluding hydrogens is 536 g/mol. The van der Waals surface area contributed by atoms with Crippen LogP contribution in [0.4, 0.5) is 5.69 Å². The number of benzene rings is 3. The molecule has 0 aliphatic carbocycles. The Morgan fingerprint density at radius 3 is 2.51 bits per heavy atom. The van der Waals surface area contributed by atoms with E-state index < -0.39 is 10.0 Å². The lowest BCUT2D eigenvalue weighted by atomic mass is 10.1. The van der Waals surface area contributed by atoms with Crippen molar-refractivity contribution in [3.63, 3.8) is 0 Å². The first-order valence-electron chi connectivity index (χ1n) is 12.6. The average Bonchev–Trinajstić information content (AvgIpc) is 2.95. The lowest BCUT2D eigenvalue weighted by Gasteiger charge is -2.22. The predicted octanol–water partition coefficient (Wildman–Crippen LogP) is 4.75. The van der Waals surface area contributed by atoms with Gasteiger partial charge in [0.25, 0.3) is 0 Å². The van der Waals surface area contributed by atoms with Crippen LogP contribution in [-0.2, 0) is 21.2 Å². The molecule has 1 aromatic heterocycles. The Morgan fingerprint density at radius 1 is 1.00 bits per heavy atom. The number of amides is 1. The maximum absolute atomic E-state index is 13.4. The Bertz CT molecular complexity index is 1500. The lowest BCUT2D eigenvalue weighted by molar-refractivity contribution is -0.121. The van der Waals surface area contributed by atoms with Crippen LogP contribution in [0.5, 0.6) is 5.75 Å². The molecule has 4 aromatic rings. The summed E-state index contributed by atoms with van der Waals surface area (Å²) in [6.45, 7) is 0.913. The van der Waals surface area contributed by atoms with Gasteiger partial charge in [-0.15, -0.1) is 0 Å². The summed E-state index contributed by atoms with van der Waals surface area (Å²) in [7, 11) is -2.38. The number of nitrogens with one attached hydrogen (secondary N) is 2. The van der Waals surface area contributed by atoms with Gasteiger partial charge in [0.15, 0.2) is 0 Å². The summed E-state index contributed by atoms with van der Waals surface area (Å²) in [5.41, 5.74) is 2.72. The normalized spacial score (nSPS) is 11.5. The van der Waals surface area contributed by atoms with E-state index in [1.807, 2.05) is 54.6 Å². The smallest absolute Gasteiger partial charge is 0.243 e. The van der Waals surface area contributed by atoms with Gasteiger partial charge in [-0.3, -0.25) is 9.78 Å². The highest BCUT2D eigenvalue weighted by Gasteiger charge is 2.26. The summed E-state index contributed by atoms with van der Waals surface area (Å²) < 4.78 is 33.2. The zero-order valence-electron chi connectivity index (χ0n) is 21.6. The van der Waals surface area contributed by atoms with Crippen molar-refractivity contribution in [1.29, 1.82) is 0 Å². The minimum absolute atomic E-state index is 0.110. The number of rotatable bonds is 13. The third-order valence-electron chi connectivity index (χ3n) is 6.21. The molecule has 0 fully saturated rings. The number of hydrogen-bond donors (Lipinski definition) is 2. The number of nitrogens with zero attached hydrogens (tertiary/aromatic N) is 2. The van der Waals surface area contributed by atoms with Crippen molar-refractivity contribution in [2.75, 3.05) is 38.6 Å².